The maximum absolute atomic E-state index is 12.6. The lowest BCUT2D eigenvalue weighted by atomic mass is 10.1. The Bertz CT molecular complexity index is 700. The molecular weight excluding hydrogens is 382 g/mol. The number of carbonyl (C=O) groups excluding carboxylic acids is 1. The van der Waals surface area contributed by atoms with Gasteiger partial charge in [-0.25, -0.2) is 0 Å². The second-order valence-electron chi connectivity index (χ2n) is 5.47. The highest BCUT2D eigenvalue weighted by Crippen LogP contribution is 2.37. The molecule has 4 nitrogen and oxygen atoms in total. The Labute approximate surface area is 157 Å². The van der Waals surface area contributed by atoms with Crippen LogP contribution in [-0.4, -0.2) is 30.5 Å². The SMILES string of the molecule is CCOc1cc(C(=O)N(CC)CC)cc(Br)c1OCc1ccccc1. The number of nitrogens with zero attached hydrogens (tertiary/aromatic N) is 1. The van der Waals surface area contributed by atoms with E-state index in [0.717, 1.165) is 5.56 Å². The summed E-state index contributed by atoms with van der Waals surface area (Å²) in [6.45, 7) is 8.12. The Morgan fingerprint density at radius 2 is 1.72 bits per heavy atom. The Kier molecular flexibility index (Phi) is 7.31. The summed E-state index contributed by atoms with van der Waals surface area (Å²) in [4.78, 5) is 14.4. The van der Waals surface area contributed by atoms with Crippen molar-refractivity contribution in [3.8, 4) is 11.5 Å². The molecule has 0 saturated heterocycles. The normalized spacial score (nSPS) is 10.4. The molecule has 0 atom stereocenters. The van der Waals surface area contributed by atoms with Gasteiger partial charge in [0.15, 0.2) is 11.5 Å². The number of hydrogen-bond acceptors (Lipinski definition) is 3. The molecule has 0 aliphatic heterocycles. The first-order chi connectivity index (χ1) is 12.1. The zero-order valence-electron chi connectivity index (χ0n) is 14.9. The van der Waals surface area contributed by atoms with Gasteiger partial charge in [0.1, 0.15) is 6.61 Å². The molecule has 0 fully saturated rings. The monoisotopic (exact) mass is 405 g/mol. The number of amides is 1. The number of hydrogen-bond donors (Lipinski definition) is 0. The van der Waals surface area contributed by atoms with E-state index in [0.29, 0.717) is 47.8 Å². The topological polar surface area (TPSA) is 38.8 Å². The summed E-state index contributed by atoms with van der Waals surface area (Å²) in [5, 5.41) is 0. The number of carbonyl (C=O) groups is 1. The minimum absolute atomic E-state index is 0.0127. The van der Waals surface area contributed by atoms with Crippen LogP contribution in [0.1, 0.15) is 36.7 Å². The third kappa shape index (κ3) is 4.98. The molecule has 5 heteroatoms. The van der Waals surface area contributed by atoms with E-state index in [2.05, 4.69) is 15.9 Å². The van der Waals surface area contributed by atoms with E-state index in [9.17, 15) is 4.79 Å². The standard InChI is InChI=1S/C20H24BrNO3/c1-4-22(5-2)20(23)16-12-17(21)19(18(13-16)24-6-3)25-14-15-10-8-7-9-11-15/h7-13H,4-6,14H2,1-3H3. The van der Waals surface area contributed by atoms with Gasteiger partial charge in [-0.2, -0.15) is 0 Å². The van der Waals surface area contributed by atoms with Crippen molar-refractivity contribution in [3.05, 3.63) is 58.1 Å². The quantitative estimate of drug-likeness (QED) is 0.626. The summed E-state index contributed by atoms with van der Waals surface area (Å²) < 4.78 is 12.4. The summed E-state index contributed by atoms with van der Waals surface area (Å²) >= 11 is 3.53. The molecule has 0 heterocycles. The zero-order chi connectivity index (χ0) is 18.2. The van der Waals surface area contributed by atoms with E-state index in [1.54, 1.807) is 17.0 Å². The Morgan fingerprint density at radius 3 is 2.32 bits per heavy atom. The van der Waals surface area contributed by atoms with Gasteiger partial charge in [-0.15, -0.1) is 0 Å². The lowest BCUT2D eigenvalue weighted by Crippen LogP contribution is -2.30. The molecule has 0 saturated carbocycles. The molecule has 2 rings (SSSR count). The van der Waals surface area contributed by atoms with Crippen LogP contribution in [-0.2, 0) is 6.61 Å². The second-order valence-corrected chi connectivity index (χ2v) is 6.32. The van der Waals surface area contributed by atoms with Gasteiger partial charge in [0.05, 0.1) is 11.1 Å². The maximum atomic E-state index is 12.6. The summed E-state index contributed by atoms with van der Waals surface area (Å²) in [5.74, 6) is 1.17. The van der Waals surface area contributed by atoms with Crippen molar-refractivity contribution >= 4 is 21.8 Å². The Hall–Kier alpha value is -2.01. The molecule has 0 spiro atoms. The molecule has 2 aromatic rings. The molecule has 0 bridgehead atoms. The van der Waals surface area contributed by atoms with Gasteiger partial charge >= 0.3 is 0 Å². The highest BCUT2D eigenvalue weighted by Gasteiger charge is 2.19. The van der Waals surface area contributed by atoms with E-state index in [-0.39, 0.29) is 5.91 Å². The fourth-order valence-corrected chi connectivity index (χ4v) is 3.07. The number of rotatable bonds is 8. The van der Waals surface area contributed by atoms with Crippen molar-refractivity contribution in [2.45, 2.75) is 27.4 Å². The van der Waals surface area contributed by atoms with Crippen molar-refractivity contribution in [1.29, 1.82) is 0 Å². The molecule has 0 aliphatic carbocycles. The summed E-state index contributed by atoms with van der Waals surface area (Å²) in [6.07, 6.45) is 0. The zero-order valence-corrected chi connectivity index (χ0v) is 16.5. The van der Waals surface area contributed by atoms with E-state index in [4.69, 9.17) is 9.47 Å². The summed E-state index contributed by atoms with van der Waals surface area (Å²) in [5.41, 5.74) is 1.66. The van der Waals surface area contributed by atoms with Gasteiger partial charge in [0.25, 0.3) is 5.91 Å². The molecular formula is C20H24BrNO3. The molecule has 25 heavy (non-hydrogen) atoms. The van der Waals surface area contributed by atoms with Crippen molar-refractivity contribution in [1.82, 2.24) is 4.90 Å². The van der Waals surface area contributed by atoms with Gasteiger partial charge in [0.2, 0.25) is 0 Å². The highest BCUT2D eigenvalue weighted by atomic mass is 79.9. The molecule has 0 N–H and O–H groups in total. The number of ether oxygens (including phenoxy) is 2. The fourth-order valence-electron chi connectivity index (χ4n) is 2.52. The lowest BCUT2D eigenvalue weighted by molar-refractivity contribution is 0.0772. The van der Waals surface area contributed by atoms with Crippen LogP contribution in [0.4, 0.5) is 0 Å². The molecule has 0 radical (unpaired) electrons. The van der Waals surface area contributed by atoms with Crippen molar-refractivity contribution in [2.75, 3.05) is 19.7 Å². The smallest absolute Gasteiger partial charge is 0.254 e. The number of benzene rings is 2. The largest absolute Gasteiger partial charge is 0.490 e. The van der Waals surface area contributed by atoms with Crippen LogP contribution in [0.25, 0.3) is 0 Å². The van der Waals surface area contributed by atoms with Crippen LogP contribution in [0.2, 0.25) is 0 Å². The van der Waals surface area contributed by atoms with Crippen LogP contribution < -0.4 is 9.47 Å². The summed E-state index contributed by atoms with van der Waals surface area (Å²) in [7, 11) is 0. The van der Waals surface area contributed by atoms with Crippen molar-refractivity contribution in [2.24, 2.45) is 0 Å². The minimum Gasteiger partial charge on any atom is -0.490 e. The average molecular weight is 406 g/mol. The van der Waals surface area contributed by atoms with Crippen LogP contribution in [0.3, 0.4) is 0 Å². The highest BCUT2D eigenvalue weighted by molar-refractivity contribution is 9.10. The third-order valence-corrected chi connectivity index (χ3v) is 4.42. The Balaban J connectivity index is 2.29. The van der Waals surface area contributed by atoms with Gasteiger partial charge in [-0.1, -0.05) is 30.3 Å². The van der Waals surface area contributed by atoms with E-state index >= 15 is 0 Å². The number of halogens is 1. The predicted octanol–water partition coefficient (Wildman–Crippen LogP) is 4.91. The molecule has 2 aromatic carbocycles. The van der Waals surface area contributed by atoms with Crippen LogP contribution in [0.15, 0.2) is 46.9 Å². The van der Waals surface area contributed by atoms with Crippen LogP contribution >= 0.6 is 15.9 Å². The molecule has 134 valence electrons. The van der Waals surface area contributed by atoms with Gasteiger partial charge in [-0.3, -0.25) is 4.79 Å². The average Bonchev–Trinajstić information content (AvgIpc) is 2.63. The fraction of sp³-hybridized carbons (Fsp3) is 0.350. The predicted molar refractivity (Wildman–Crippen MR) is 103 cm³/mol. The van der Waals surface area contributed by atoms with E-state index in [1.165, 1.54) is 0 Å². The van der Waals surface area contributed by atoms with E-state index in [1.807, 2.05) is 51.1 Å². The van der Waals surface area contributed by atoms with Crippen LogP contribution in [0.5, 0.6) is 11.5 Å². The summed E-state index contributed by atoms with van der Waals surface area (Å²) in [6, 6.07) is 13.5. The molecule has 0 unspecified atom stereocenters. The van der Waals surface area contributed by atoms with Crippen molar-refractivity contribution < 1.29 is 14.3 Å². The Morgan fingerprint density at radius 1 is 1.04 bits per heavy atom. The van der Waals surface area contributed by atoms with Gasteiger partial charge in [-0.05, 0) is 54.4 Å². The molecule has 0 aromatic heterocycles. The first-order valence-corrected chi connectivity index (χ1v) is 9.32. The van der Waals surface area contributed by atoms with Gasteiger partial charge in [0, 0.05) is 18.7 Å². The third-order valence-electron chi connectivity index (χ3n) is 3.83. The molecule has 1 amide bonds. The van der Waals surface area contributed by atoms with Gasteiger partial charge < -0.3 is 14.4 Å². The molecule has 0 aliphatic rings. The minimum atomic E-state index is -0.0127. The van der Waals surface area contributed by atoms with E-state index < -0.39 is 0 Å². The first kappa shape index (κ1) is 19.3. The second kappa shape index (κ2) is 9.47. The van der Waals surface area contributed by atoms with Crippen LogP contribution in [0, 0.1) is 0 Å². The van der Waals surface area contributed by atoms with Crippen molar-refractivity contribution in [3.63, 3.8) is 0 Å². The maximum Gasteiger partial charge on any atom is 0.254 e. The first-order valence-electron chi connectivity index (χ1n) is 8.53. The lowest BCUT2D eigenvalue weighted by Gasteiger charge is -2.20.